The first kappa shape index (κ1) is 43.2. The first-order valence-electron chi connectivity index (χ1n) is 21.8. The smallest absolute Gasteiger partial charge is 0.142 e. The molecular weight excluding hydrogens is 812 g/mol. The maximum Gasteiger partial charge on any atom is 0.142 e. The zero-order chi connectivity index (χ0) is 40.6. The lowest BCUT2D eigenvalue weighted by molar-refractivity contribution is 0.452. The molecule has 0 spiro atoms. The molecular formula is C50H63FS6. The van der Waals surface area contributed by atoms with E-state index < -0.39 is 0 Å². The van der Waals surface area contributed by atoms with Gasteiger partial charge in [0.1, 0.15) is 5.82 Å². The predicted octanol–water partition coefficient (Wildman–Crippen LogP) is 19.5. The van der Waals surface area contributed by atoms with Crippen LogP contribution in [0.1, 0.15) is 153 Å². The number of hydrogen-bond donors (Lipinski definition) is 0. The monoisotopic (exact) mass is 874 g/mol. The third-order valence-electron chi connectivity index (χ3n) is 13.0. The highest BCUT2D eigenvalue weighted by atomic mass is 32.1. The van der Waals surface area contributed by atoms with E-state index in [1.165, 1.54) is 135 Å². The second kappa shape index (κ2) is 18.0. The molecule has 6 aromatic heterocycles. The number of halogens is 1. The molecule has 0 aliphatic carbocycles. The number of hydrogen-bond acceptors (Lipinski definition) is 6. The van der Waals surface area contributed by atoms with Crippen molar-refractivity contribution in [2.24, 2.45) is 11.8 Å². The highest BCUT2D eigenvalue weighted by Gasteiger charge is 2.31. The fourth-order valence-corrected chi connectivity index (χ4v) is 16.2. The zero-order valence-corrected chi connectivity index (χ0v) is 40.9. The van der Waals surface area contributed by atoms with Crippen LogP contribution in [0.3, 0.4) is 0 Å². The zero-order valence-electron chi connectivity index (χ0n) is 36.0. The van der Waals surface area contributed by atoms with Crippen LogP contribution >= 0.6 is 68.0 Å². The number of thiophene rings is 6. The summed E-state index contributed by atoms with van der Waals surface area (Å²) in [5.41, 5.74) is 2.82. The second-order valence-electron chi connectivity index (χ2n) is 17.8. The van der Waals surface area contributed by atoms with Crippen molar-refractivity contribution in [1.82, 2.24) is 0 Å². The minimum absolute atomic E-state index is 0.0611. The highest BCUT2D eigenvalue weighted by Crippen LogP contribution is 2.57. The van der Waals surface area contributed by atoms with E-state index in [0.717, 1.165) is 34.8 Å². The third-order valence-corrected chi connectivity index (χ3v) is 20.8. The lowest BCUT2D eigenvalue weighted by atomic mass is 9.87. The first-order chi connectivity index (χ1) is 27.4. The van der Waals surface area contributed by atoms with Crippen LogP contribution in [-0.2, 0) is 23.7 Å². The molecule has 1 aromatic carbocycles. The van der Waals surface area contributed by atoms with Gasteiger partial charge in [-0.3, -0.25) is 0 Å². The first-order valence-corrected chi connectivity index (χ1v) is 26.8. The SMILES string of the molecule is CCCCC(CC)Cc1ccc(-c2c3cc(C(C)(C)CC)sc3c(-c3ccc(CC(CC)CCCC)s3)c3cc(-c4sc(C(C)(C)CC)c5c(F)csc45)sc23)s1. The summed E-state index contributed by atoms with van der Waals surface area (Å²) in [6, 6.07) is 14.8. The van der Waals surface area contributed by atoms with Crippen LogP contribution in [0.4, 0.5) is 4.39 Å². The van der Waals surface area contributed by atoms with Crippen molar-refractivity contribution in [2.45, 2.75) is 157 Å². The van der Waals surface area contributed by atoms with Crippen molar-refractivity contribution < 1.29 is 4.39 Å². The number of unbranched alkanes of at least 4 members (excludes halogenated alkanes) is 2. The fourth-order valence-electron chi connectivity index (χ4n) is 8.29. The van der Waals surface area contributed by atoms with Crippen LogP contribution in [-0.4, -0.2) is 0 Å². The van der Waals surface area contributed by atoms with Gasteiger partial charge in [0.25, 0.3) is 0 Å². The molecule has 7 heteroatoms. The van der Waals surface area contributed by atoms with Crippen LogP contribution in [0.15, 0.2) is 41.8 Å². The van der Waals surface area contributed by atoms with Gasteiger partial charge in [0.2, 0.25) is 0 Å². The normalized spacial score (nSPS) is 13.9. The van der Waals surface area contributed by atoms with Gasteiger partial charge in [-0.15, -0.1) is 68.0 Å². The molecule has 0 amide bonds. The van der Waals surface area contributed by atoms with Gasteiger partial charge in [-0.1, -0.05) is 121 Å². The Morgan fingerprint density at radius 2 is 1.14 bits per heavy atom. The van der Waals surface area contributed by atoms with Gasteiger partial charge >= 0.3 is 0 Å². The third kappa shape index (κ3) is 8.55. The largest absolute Gasteiger partial charge is 0.205 e. The van der Waals surface area contributed by atoms with Crippen molar-refractivity contribution in [3.05, 3.63) is 67.1 Å². The van der Waals surface area contributed by atoms with Crippen LogP contribution in [0, 0.1) is 17.7 Å². The van der Waals surface area contributed by atoms with Crippen LogP contribution < -0.4 is 0 Å². The van der Waals surface area contributed by atoms with E-state index in [2.05, 4.69) is 106 Å². The topological polar surface area (TPSA) is 0 Å². The van der Waals surface area contributed by atoms with E-state index in [9.17, 15) is 0 Å². The molecule has 0 aliphatic rings. The quantitative estimate of drug-likeness (QED) is 0.0759. The van der Waals surface area contributed by atoms with Crippen molar-refractivity contribution in [1.29, 1.82) is 0 Å². The Balaban J connectivity index is 1.49. The highest BCUT2D eigenvalue weighted by molar-refractivity contribution is 7.31. The van der Waals surface area contributed by atoms with Crippen molar-refractivity contribution >= 4 is 98.3 Å². The summed E-state index contributed by atoms with van der Waals surface area (Å²) < 4.78 is 19.6. The number of benzene rings is 1. The van der Waals surface area contributed by atoms with Gasteiger partial charge in [-0.2, -0.15) is 0 Å². The summed E-state index contributed by atoms with van der Waals surface area (Å²) in [4.78, 5) is 11.0. The molecule has 0 aliphatic heterocycles. The van der Waals surface area contributed by atoms with Crippen molar-refractivity contribution in [3.63, 3.8) is 0 Å². The lowest BCUT2D eigenvalue weighted by Gasteiger charge is -2.21. The Labute approximate surface area is 366 Å². The van der Waals surface area contributed by atoms with E-state index in [4.69, 9.17) is 0 Å². The molecule has 6 heterocycles. The van der Waals surface area contributed by atoms with Gasteiger partial charge in [0.15, 0.2) is 0 Å². The second-order valence-corrected chi connectivity index (χ2v) is 24.1. The standard InChI is InChI=1S/C50H63FS6/c1-11-17-19-30(13-3)25-32-21-23-37(53-32)41-34-27-39(46-47-43(36(51)29-52-47)48(57-46)50(9,10)16-6)55-44(34)42(35-28-40(56-45(35)41)49(7,8)15-5)38-24-22-33(54-38)26-31(14-4)20-18-12-2/h21-24,27-31H,11-20,25-26H2,1-10H3. The molecule has 0 radical (unpaired) electrons. The lowest BCUT2D eigenvalue weighted by Crippen LogP contribution is -2.13. The van der Waals surface area contributed by atoms with E-state index in [-0.39, 0.29) is 16.6 Å². The Kier molecular flexibility index (Phi) is 13.7. The summed E-state index contributed by atoms with van der Waals surface area (Å²) in [6.45, 7) is 23.3. The summed E-state index contributed by atoms with van der Waals surface area (Å²) in [5.74, 6) is 1.41. The van der Waals surface area contributed by atoms with Crippen molar-refractivity contribution in [3.8, 4) is 30.6 Å². The van der Waals surface area contributed by atoms with Gasteiger partial charge in [-0.25, -0.2) is 4.39 Å². The minimum Gasteiger partial charge on any atom is -0.205 e. The van der Waals surface area contributed by atoms with Crippen molar-refractivity contribution in [2.75, 3.05) is 0 Å². The molecule has 0 fully saturated rings. The molecule has 0 saturated carbocycles. The van der Waals surface area contributed by atoms with Gasteiger partial charge in [-0.05, 0) is 84.7 Å². The molecule has 306 valence electrons. The van der Waals surface area contributed by atoms with Crippen LogP contribution in [0.25, 0.3) is 60.9 Å². The van der Waals surface area contributed by atoms with E-state index in [0.29, 0.717) is 0 Å². The molecule has 2 unspecified atom stereocenters. The molecule has 0 N–H and O–H groups in total. The summed E-state index contributed by atoms with van der Waals surface area (Å²) in [7, 11) is 0. The summed E-state index contributed by atoms with van der Waals surface area (Å²) >= 11 is 11.5. The average Bonchev–Trinajstić information content (AvgIpc) is 4.06. The maximum atomic E-state index is 15.7. The van der Waals surface area contributed by atoms with Crippen LogP contribution in [0.2, 0.25) is 0 Å². The Hall–Kier alpha value is -1.87. The Morgan fingerprint density at radius 3 is 1.67 bits per heavy atom. The molecule has 7 aromatic rings. The van der Waals surface area contributed by atoms with E-state index >= 15 is 4.39 Å². The Bertz CT molecular complexity index is 2320. The van der Waals surface area contributed by atoms with Gasteiger partial charge in [0.05, 0.1) is 9.58 Å². The summed E-state index contributed by atoms with van der Waals surface area (Å²) in [6.07, 6.45) is 14.7. The minimum atomic E-state index is -0.0944. The fraction of sp³-hybridized carbons (Fsp3) is 0.520. The Morgan fingerprint density at radius 1 is 0.596 bits per heavy atom. The summed E-state index contributed by atoms with van der Waals surface area (Å²) in [5, 5.41) is 5.37. The van der Waals surface area contributed by atoms with Crippen LogP contribution in [0.5, 0.6) is 0 Å². The molecule has 57 heavy (non-hydrogen) atoms. The molecule has 0 bridgehead atoms. The maximum absolute atomic E-state index is 15.7. The van der Waals surface area contributed by atoms with Gasteiger partial charge in [0, 0.05) is 76.2 Å². The van der Waals surface area contributed by atoms with Gasteiger partial charge < -0.3 is 0 Å². The predicted molar refractivity (Wildman–Crippen MR) is 263 cm³/mol. The van der Waals surface area contributed by atoms with E-state index in [1.807, 2.05) is 56.7 Å². The molecule has 7 rings (SSSR count). The molecule has 0 saturated heterocycles. The number of fused-ring (bicyclic) bond motifs is 3. The van der Waals surface area contributed by atoms with E-state index in [1.54, 1.807) is 16.7 Å². The average molecular weight is 875 g/mol. The molecule has 0 nitrogen and oxygen atoms in total. The number of rotatable bonds is 19. The molecule has 2 atom stereocenters.